The number of carbonyl (C=O) groups excluding carboxylic acids is 1. The summed E-state index contributed by atoms with van der Waals surface area (Å²) in [5.41, 5.74) is 0. The molecule has 0 aromatic heterocycles. The van der Waals surface area contributed by atoms with E-state index < -0.39 is 0 Å². The predicted molar refractivity (Wildman–Crippen MR) is 43.2 cm³/mol. The lowest BCUT2D eigenvalue weighted by molar-refractivity contribution is -0.116. The van der Waals surface area contributed by atoms with Crippen LogP contribution in [0.1, 0.15) is 0 Å². The van der Waals surface area contributed by atoms with Gasteiger partial charge in [0.15, 0.2) is 5.78 Å². The van der Waals surface area contributed by atoms with Gasteiger partial charge in [0, 0.05) is 33.1 Å². The number of rotatable bonds is 2. The highest BCUT2D eigenvalue weighted by molar-refractivity contribution is 5.84. The molecule has 1 rings (SSSR count). The Labute approximate surface area is 68.0 Å². The first-order chi connectivity index (χ1) is 5.18. The molecule has 0 aromatic carbocycles. The van der Waals surface area contributed by atoms with Crippen molar-refractivity contribution in [2.75, 3.05) is 39.8 Å². The molecule has 0 saturated carbocycles. The van der Waals surface area contributed by atoms with E-state index in [1.165, 1.54) is 0 Å². The number of carbonyl (C=O) groups is 1. The Balaban J connectivity index is 2.22. The molecule has 0 aromatic rings. The second kappa shape index (κ2) is 3.83. The topological polar surface area (TPSA) is 23.6 Å². The molecule has 1 fully saturated rings. The van der Waals surface area contributed by atoms with Crippen LogP contribution in [-0.2, 0) is 4.79 Å². The lowest BCUT2D eigenvalue weighted by atomic mass is 10.3. The summed E-state index contributed by atoms with van der Waals surface area (Å²) in [5, 5.41) is 0. The van der Waals surface area contributed by atoms with Crippen LogP contribution < -0.4 is 0 Å². The lowest BCUT2D eigenvalue weighted by Crippen LogP contribution is -2.45. The second-order valence-corrected chi connectivity index (χ2v) is 3.05. The zero-order valence-electron chi connectivity index (χ0n) is 6.92. The van der Waals surface area contributed by atoms with Crippen LogP contribution in [0.3, 0.4) is 0 Å². The summed E-state index contributed by atoms with van der Waals surface area (Å²) in [5.74, 6) is -0.227. The van der Waals surface area contributed by atoms with Gasteiger partial charge in [0.05, 0.1) is 6.54 Å². The molecule has 0 aliphatic carbocycles. The van der Waals surface area contributed by atoms with Crippen molar-refractivity contribution in [3.05, 3.63) is 6.92 Å². The summed E-state index contributed by atoms with van der Waals surface area (Å²) < 4.78 is 0. The minimum Gasteiger partial charge on any atom is -0.304 e. The van der Waals surface area contributed by atoms with Crippen molar-refractivity contribution in [1.82, 2.24) is 9.80 Å². The Morgan fingerprint density at radius 2 is 1.91 bits per heavy atom. The highest BCUT2D eigenvalue weighted by Crippen LogP contribution is 1.97. The summed E-state index contributed by atoms with van der Waals surface area (Å²) in [6.45, 7) is 9.46. The molecule has 2 radical (unpaired) electrons. The van der Waals surface area contributed by atoms with Crippen LogP contribution in [0.25, 0.3) is 0 Å². The van der Waals surface area contributed by atoms with Crippen molar-refractivity contribution < 1.29 is 4.79 Å². The SMILES string of the molecule is [CH]C(=O)CN1CCN(C)CC1. The third kappa shape index (κ3) is 2.99. The van der Waals surface area contributed by atoms with E-state index in [2.05, 4.69) is 16.8 Å². The van der Waals surface area contributed by atoms with Gasteiger partial charge in [0.2, 0.25) is 0 Å². The lowest BCUT2D eigenvalue weighted by Gasteiger charge is -2.31. The van der Waals surface area contributed by atoms with Gasteiger partial charge < -0.3 is 4.90 Å². The Hall–Kier alpha value is -0.410. The van der Waals surface area contributed by atoms with Gasteiger partial charge >= 0.3 is 0 Å². The zero-order valence-corrected chi connectivity index (χ0v) is 6.92. The molecule has 62 valence electrons. The minimum absolute atomic E-state index is 0.227. The molecule has 3 heteroatoms. The third-order valence-electron chi connectivity index (χ3n) is 1.98. The normalized spacial score (nSPS) is 22.0. The van der Waals surface area contributed by atoms with Crippen molar-refractivity contribution in [2.45, 2.75) is 0 Å². The van der Waals surface area contributed by atoms with Crippen LogP contribution in [0.15, 0.2) is 0 Å². The molecule has 11 heavy (non-hydrogen) atoms. The maximum absolute atomic E-state index is 10.5. The number of hydrogen-bond acceptors (Lipinski definition) is 3. The average molecular weight is 154 g/mol. The Bertz CT molecular complexity index is 139. The molecule has 0 N–H and O–H groups in total. The van der Waals surface area contributed by atoms with Crippen molar-refractivity contribution >= 4 is 5.78 Å². The smallest absolute Gasteiger partial charge is 0.151 e. The van der Waals surface area contributed by atoms with Crippen molar-refractivity contribution in [1.29, 1.82) is 0 Å². The average Bonchev–Trinajstić information content (AvgIpc) is 1.93. The molecule has 1 aliphatic heterocycles. The van der Waals surface area contributed by atoms with Crippen LogP contribution >= 0.6 is 0 Å². The number of hydrogen-bond donors (Lipinski definition) is 0. The molecular weight excluding hydrogens is 140 g/mol. The molecule has 3 nitrogen and oxygen atoms in total. The van der Waals surface area contributed by atoms with E-state index in [0.29, 0.717) is 6.54 Å². The van der Waals surface area contributed by atoms with Crippen LogP contribution in [0.2, 0.25) is 0 Å². The fourth-order valence-electron chi connectivity index (χ4n) is 1.23. The quantitative estimate of drug-likeness (QED) is 0.536. The van der Waals surface area contributed by atoms with E-state index in [4.69, 9.17) is 6.92 Å². The maximum atomic E-state index is 10.5. The second-order valence-electron chi connectivity index (χ2n) is 3.05. The number of piperazine rings is 1. The van der Waals surface area contributed by atoms with Gasteiger partial charge in [-0.15, -0.1) is 0 Å². The van der Waals surface area contributed by atoms with Crippen LogP contribution in [0.5, 0.6) is 0 Å². The molecular formula is C8H14N2O. The summed E-state index contributed by atoms with van der Waals surface area (Å²) in [4.78, 5) is 14.8. The first-order valence-electron chi connectivity index (χ1n) is 3.87. The van der Waals surface area contributed by atoms with Gasteiger partial charge in [-0.2, -0.15) is 0 Å². The summed E-state index contributed by atoms with van der Waals surface area (Å²) in [6.07, 6.45) is 0. The Morgan fingerprint density at radius 3 is 2.36 bits per heavy atom. The molecule has 1 saturated heterocycles. The Morgan fingerprint density at radius 1 is 1.36 bits per heavy atom. The van der Waals surface area contributed by atoms with E-state index in [1.54, 1.807) is 0 Å². The van der Waals surface area contributed by atoms with Crippen molar-refractivity contribution in [3.63, 3.8) is 0 Å². The maximum Gasteiger partial charge on any atom is 0.151 e. The molecule has 0 bridgehead atoms. The molecule has 0 amide bonds. The minimum atomic E-state index is -0.227. The number of nitrogens with zero attached hydrogens (tertiary/aromatic N) is 2. The molecule has 0 atom stereocenters. The van der Waals surface area contributed by atoms with E-state index in [9.17, 15) is 4.79 Å². The first kappa shape index (κ1) is 8.68. The highest BCUT2D eigenvalue weighted by Gasteiger charge is 2.14. The molecule has 1 heterocycles. The van der Waals surface area contributed by atoms with Gasteiger partial charge in [0.1, 0.15) is 0 Å². The van der Waals surface area contributed by atoms with Crippen LogP contribution in [0, 0.1) is 6.92 Å². The Kier molecular flexibility index (Phi) is 3.02. The van der Waals surface area contributed by atoms with Crippen molar-refractivity contribution in [3.8, 4) is 0 Å². The standard InChI is InChI=1S/C8H14N2O/c1-8(11)7-10-5-3-9(2)4-6-10/h1H,3-7H2,2H3. The number of Topliss-reactive ketones (excluding diaryl/α,β-unsaturated/α-hetero) is 1. The zero-order chi connectivity index (χ0) is 8.27. The van der Waals surface area contributed by atoms with Crippen molar-refractivity contribution in [2.24, 2.45) is 0 Å². The fraction of sp³-hybridized carbons (Fsp3) is 0.750. The molecule has 1 aliphatic rings. The third-order valence-corrected chi connectivity index (χ3v) is 1.98. The number of likely N-dealkylation sites (N-methyl/N-ethyl adjacent to an activating group) is 1. The highest BCUT2D eigenvalue weighted by atomic mass is 16.1. The fourth-order valence-corrected chi connectivity index (χ4v) is 1.23. The summed E-state index contributed by atoms with van der Waals surface area (Å²) >= 11 is 0. The van der Waals surface area contributed by atoms with E-state index in [0.717, 1.165) is 26.2 Å². The van der Waals surface area contributed by atoms with Crippen LogP contribution in [0.4, 0.5) is 0 Å². The summed E-state index contributed by atoms with van der Waals surface area (Å²) in [7, 11) is 2.08. The van der Waals surface area contributed by atoms with Gasteiger partial charge in [-0.25, -0.2) is 0 Å². The van der Waals surface area contributed by atoms with Gasteiger partial charge in [-0.1, -0.05) is 0 Å². The largest absolute Gasteiger partial charge is 0.304 e. The van der Waals surface area contributed by atoms with E-state index in [1.807, 2.05) is 0 Å². The molecule has 0 spiro atoms. The van der Waals surface area contributed by atoms with Gasteiger partial charge in [0.25, 0.3) is 0 Å². The monoisotopic (exact) mass is 154 g/mol. The number of ketones is 1. The van der Waals surface area contributed by atoms with Gasteiger partial charge in [-0.05, 0) is 7.05 Å². The van der Waals surface area contributed by atoms with Crippen LogP contribution in [-0.4, -0.2) is 55.4 Å². The van der Waals surface area contributed by atoms with E-state index in [-0.39, 0.29) is 5.78 Å². The molecule has 0 unspecified atom stereocenters. The summed E-state index contributed by atoms with van der Waals surface area (Å²) in [6, 6.07) is 0. The first-order valence-corrected chi connectivity index (χ1v) is 3.87. The van der Waals surface area contributed by atoms with E-state index >= 15 is 0 Å². The predicted octanol–water partition coefficient (Wildman–Crippen LogP) is -0.486. The van der Waals surface area contributed by atoms with Gasteiger partial charge in [-0.3, -0.25) is 9.69 Å².